The van der Waals surface area contributed by atoms with Crippen LogP contribution in [0.5, 0.6) is 11.5 Å². The number of anilines is 1. The van der Waals surface area contributed by atoms with Crippen LogP contribution in [-0.2, 0) is 0 Å². The first-order valence-corrected chi connectivity index (χ1v) is 11.7. The van der Waals surface area contributed by atoms with Gasteiger partial charge in [-0.3, -0.25) is 10.3 Å². The molecule has 0 saturated carbocycles. The minimum atomic E-state index is -0.157. The molecule has 0 amide bonds. The van der Waals surface area contributed by atoms with Crippen LogP contribution in [0.15, 0.2) is 23.3 Å². The predicted molar refractivity (Wildman–Crippen MR) is 126 cm³/mol. The molecule has 0 aromatic heterocycles. The average Bonchev–Trinajstić information content (AvgIpc) is 3.11. The van der Waals surface area contributed by atoms with E-state index in [1.165, 1.54) is 64.2 Å². The highest BCUT2D eigenvalue weighted by atomic mass is 32.1. The van der Waals surface area contributed by atoms with Crippen molar-refractivity contribution in [1.29, 1.82) is 0 Å². The largest absolute Gasteiger partial charge is 0.493 e. The molecule has 1 aliphatic heterocycles. The van der Waals surface area contributed by atoms with Crippen molar-refractivity contribution in [3.8, 4) is 11.5 Å². The maximum absolute atomic E-state index is 5.44. The quantitative estimate of drug-likeness (QED) is 0.256. The molecule has 164 valence electrons. The maximum Gasteiger partial charge on any atom is 0.165 e. The highest BCUT2D eigenvalue weighted by Gasteiger charge is 2.26. The fourth-order valence-electron chi connectivity index (χ4n) is 3.77. The lowest BCUT2D eigenvalue weighted by Crippen LogP contribution is -2.36. The van der Waals surface area contributed by atoms with Crippen LogP contribution in [0.1, 0.15) is 84.0 Å². The molecule has 0 spiro atoms. The highest BCUT2D eigenvalue weighted by molar-refractivity contribution is 7.81. The van der Waals surface area contributed by atoms with Gasteiger partial charge in [-0.15, -0.1) is 12.6 Å². The van der Waals surface area contributed by atoms with Crippen molar-refractivity contribution >= 4 is 24.2 Å². The summed E-state index contributed by atoms with van der Waals surface area (Å²) >= 11 is 4.63. The van der Waals surface area contributed by atoms with E-state index >= 15 is 0 Å². The zero-order valence-corrected chi connectivity index (χ0v) is 19.3. The number of unbranched alkanes of at least 4 members (excludes halogenated alkanes) is 10. The van der Waals surface area contributed by atoms with Crippen molar-refractivity contribution in [2.75, 3.05) is 19.1 Å². The van der Waals surface area contributed by atoms with Crippen molar-refractivity contribution in [2.24, 2.45) is 5.10 Å². The number of nitrogens with zero attached hydrogens (tertiary/aromatic N) is 2. The number of nitrogens with one attached hydrogen (secondary N) is 1. The lowest BCUT2D eigenvalue weighted by molar-refractivity contribution is 0.355. The molecule has 0 fully saturated rings. The van der Waals surface area contributed by atoms with Crippen LogP contribution in [0.4, 0.5) is 5.69 Å². The Bertz CT molecular complexity index is 624. The second-order valence-electron chi connectivity index (χ2n) is 7.73. The van der Waals surface area contributed by atoms with Crippen LogP contribution < -0.4 is 19.8 Å². The molecule has 5 nitrogen and oxygen atoms in total. The van der Waals surface area contributed by atoms with Crippen molar-refractivity contribution in [1.82, 2.24) is 5.43 Å². The fraction of sp³-hybridized carbons (Fsp3) is 0.696. The fourth-order valence-corrected chi connectivity index (χ4v) is 4.10. The summed E-state index contributed by atoms with van der Waals surface area (Å²) in [6.07, 6.45) is 15.8. The van der Waals surface area contributed by atoms with Crippen molar-refractivity contribution in [3.63, 3.8) is 0 Å². The van der Waals surface area contributed by atoms with Crippen LogP contribution in [0.25, 0.3) is 0 Å². The molecular weight excluding hydrogens is 382 g/mol. The van der Waals surface area contributed by atoms with Crippen LogP contribution in [0.2, 0.25) is 0 Å². The topological polar surface area (TPSA) is 46.1 Å². The molecule has 1 N–H and O–H groups in total. The molecule has 1 aliphatic rings. The molecule has 0 radical (unpaired) electrons. The number of amidine groups is 1. The number of thiol groups is 1. The number of hydrazone groups is 1. The SMILES string of the molecule is CCCCCCCCCCCCCC1=NNC(S)N1c1ccc(OC)c(OC)c1. The van der Waals surface area contributed by atoms with Gasteiger partial charge in [0.05, 0.1) is 14.2 Å². The van der Waals surface area contributed by atoms with Gasteiger partial charge in [-0.05, 0) is 18.6 Å². The monoisotopic (exact) mass is 421 g/mol. The number of hydrogen-bond acceptors (Lipinski definition) is 6. The molecule has 1 heterocycles. The van der Waals surface area contributed by atoms with E-state index in [0.29, 0.717) is 5.75 Å². The first-order valence-electron chi connectivity index (χ1n) is 11.2. The summed E-state index contributed by atoms with van der Waals surface area (Å²) in [5.41, 5.74) is 3.93. The van der Waals surface area contributed by atoms with Gasteiger partial charge < -0.3 is 9.47 Å². The summed E-state index contributed by atoms with van der Waals surface area (Å²) in [5.74, 6) is 2.47. The van der Waals surface area contributed by atoms with Gasteiger partial charge in [0.2, 0.25) is 0 Å². The first kappa shape index (κ1) is 23.7. The van der Waals surface area contributed by atoms with E-state index in [0.717, 1.165) is 30.1 Å². The summed E-state index contributed by atoms with van der Waals surface area (Å²) in [5, 5.41) is 4.50. The van der Waals surface area contributed by atoms with Crippen LogP contribution in [0, 0.1) is 0 Å². The Hall–Kier alpha value is -1.56. The molecule has 1 unspecified atom stereocenters. The Morgan fingerprint density at radius 2 is 1.48 bits per heavy atom. The van der Waals surface area contributed by atoms with E-state index in [-0.39, 0.29) is 5.50 Å². The third kappa shape index (κ3) is 7.65. The highest BCUT2D eigenvalue weighted by Crippen LogP contribution is 2.34. The van der Waals surface area contributed by atoms with Crippen molar-refractivity contribution < 1.29 is 9.47 Å². The van der Waals surface area contributed by atoms with Crippen LogP contribution >= 0.6 is 12.6 Å². The summed E-state index contributed by atoms with van der Waals surface area (Å²) < 4.78 is 10.8. The average molecular weight is 422 g/mol. The lowest BCUT2D eigenvalue weighted by Gasteiger charge is -2.25. The van der Waals surface area contributed by atoms with Gasteiger partial charge >= 0.3 is 0 Å². The number of methoxy groups -OCH3 is 2. The molecule has 0 saturated heterocycles. The second-order valence-corrected chi connectivity index (χ2v) is 8.21. The normalized spacial score (nSPS) is 15.9. The molecule has 1 aromatic rings. The summed E-state index contributed by atoms with van der Waals surface area (Å²) in [4.78, 5) is 2.13. The number of hydrogen-bond donors (Lipinski definition) is 2. The van der Waals surface area contributed by atoms with E-state index in [2.05, 4.69) is 35.0 Å². The van der Waals surface area contributed by atoms with Gasteiger partial charge in [-0.25, -0.2) is 0 Å². The van der Waals surface area contributed by atoms with Crippen molar-refractivity contribution in [2.45, 2.75) is 89.5 Å². The van der Waals surface area contributed by atoms with Gasteiger partial charge in [-0.1, -0.05) is 71.1 Å². The number of rotatable bonds is 15. The summed E-state index contributed by atoms with van der Waals surface area (Å²) in [6.45, 7) is 2.27. The zero-order valence-electron chi connectivity index (χ0n) is 18.5. The van der Waals surface area contributed by atoms with Gasteiger partial charge in [0.1, 0.15) is 5.84 Å². The van der Waals surface area contributed by atoms with E-state index in [1.54, 1.807) is 14.2 Å². The Balaban J connectivity index is 1.70. The van der Waals surface area contributed by atoms with Crippen molar-refractivity contribution in [3.05, 3.63) is 18.2 Å². The minimum Gasteiger partial charge on any atom is -0.493 e. The Morgan fingerprint density at radius 1 is 0.897 bits per heavy atom. The Morgan fingerprint density at radius 3 is 2.07 bits per heavy atom. The smallest absolute Gasteiger partial charge is 0.165 e. The Kier molecular flexibility index (Phi) is 11.1. The first-order chi connectivity index (χ1) is 14.2. The molecule has 0 aliphatic carbocycles. The summed E-state index contributed by atoms with van der Waals surface area (Å²) in [6, 6.07) is 5.92. The van der Waals surface area contributed by atoms with Gasteiger partial charge in [0.15, 0.2) is 17.0 Å². The van der Waals surface area contributed by atoms with Gasteiger partial charge in [0.25, 0.3) is 0 Å². The minimum absolute atomic E-state index is 0.157. The lowest BCUT2D eigenvalue weighted by atomic mass is 10.0. The van der Waals surface area contributed by atoms with Crippen LogP contribution in [-0.4, -0.2) is 25.6 Å². The molecule has 29 heavy (non-hydrogen) atoms. The molecular formula is C23H39N3O2S. The van der Waals surface area contributed by atoms with Gasteiger partial charge in [0, 0.05) is 18.2 Å². The standard InChI is InChI=1S/C23H39N3O2S/c1-4-5-6-7-8-9-10-11-12-13-14-15-22-24-25-23(29)26(22)19-16-17-20(27-2)21(18-19)28-3/h16-18,23,25,29H,4-15H2,1-3H3. The van der Waals surface area contributed by atoms with Crippen LogP contribution in [0.3, 0.4) is 0 Å². The predicted octanol–water partition coefficient (Wildman–Crippen LogP) is 6.34. The Labute approximate surface area is 182 Å². The van der Waals surface area contributed by atoms with E-state index in [1.807, 2.05) is 18.2 Å². The molecule has 0 bridgehead atoms. The number of ether oxygens (including phenoxy) is 2. The van der Waals surface area contributed by atoms with E-state index in [4.69, 9.17) is 9.47 Å². The summed E-state index contributed by atoms with van der Waals surface area (Å²) in [7, 11) is 3.30. The third-order valence-corrected chi connectivity index (χ3v) is 5.83. The zero-order chi connectivity index (χ0) is 20.9. The van der Waals surface area contributed by atoms with E-state index in [9.17, 15) is 0 Å². The molecule has 1 atom stereocenters. The second kappa shape index (κ2) is 13.6. The third-order valence-electron chi connectivity index (χ3n) is 5.48. The van der Waals surface area contributed by atoms with E-state index < -0.39 is 0 Å². The number of benzene rings is 1. The maximum atomic E-state index is 5.44. The molecule has 1 aromatic carbocycles. The van der Waals surface area contributed by atoms with Gasteiger partial charge in [-0.2, -0.15) is 5.10 Å². The molecule has 6 heteroatoms. The molecule has 2 rings (SSSR count).